The van der Waals surface area contributed by atoms with E-state index in [4.69, 9.17) is 5.73 Å². The number of hydrogen-bond donors (Lipinski definition) is 1. The molecule has 2 atom stereocenters. The Morgan fingerprint density at radius 2 is 2.09 bits per heavy atom. The van der Waals surface area contributed by atoms with Crippen LogP contribution in [0.1, 0.15) is 35.8 Å². The molecule has 0 aliphatic carbocycles. The third kappa shape index (κ3) is 3.05. The van der Waals surface area contributed by atoms with Crippen molar-refractivity contribution < 1.29 is 4.79 Å². The predicted molar refractivity (Wildman–Crippen MR) is 90.0 cm³/mol. The molecule has 4 nitrogen and oxygen atoms in total. The summed E-state index contributed by atoms with van der Waals surface area (Å²) in [5.74, 6) is 0.0984. The first kappa shape index (κ1) is 15.2. The Hall–Kier alpha value is -1.72. The highest BCUT2D eigenvalue weighted by molar-refractivity contribution is 7.13. The molecule has 1 amide bonds. The number of piperidine rings is 1. The molecule has 1 aliphatic heterocycles. The fourth-order valence-corrected chi connectivity index (χ4v) is 3.72. The highest BCUT2D eigenvalue weighted by Gasteiger charge is 2.27. The zero-order valence-corrected chi connectivity index (χ0v) is 13.8. The topological polar surface area (TPSA) is 59.2 Å². The Morgan fingerprint density at radius 3 is 2.68 bits per heavy atom. The van der Waals surface area contributed by atoms with Crippen molar-refractivity contribution in [2.45, 2.75) is 38.8 Å². The third-order valence-electron chi connectivity index (χ3n) is 4.18. The minimum Gasteiger partial charge on any atom is -0.336 e. The molecule has 2 N–H and O–H groups in total. The van der Waals surface area contributed by atoms with Crippen molar-refractivity contribution in [1.82, 2.24) is 9.88 Å². The fraction of sp³-hybridized carbons (Fsp3) is 0.412. The second-order valence-electron chi connectivity index (χ2n) is 6.00. The van der Waals surface area contributed by atoms with E-state index in [2.05, 4.69) is 11.9 Å². The Labute approximate surface area is 135 Å². The standard InChI is InChI=1S/C17H21N3OS/c1-11-10-22-16(19-11)13-3-5-14(6-4-13)17(21)20-8-7-15(18)9-12(20)2/h3-6,10,12,15H,7-9,18H2,1-2H3. The number of benzene rings is 1. The molecule has 1 aromatic heterocycles. The average Bonchev–Trinajstić information content (AvgIpc) is 2.93. The van der Waals surface area contributed by atoms with E-state index in [1.165, 1.54) is 0 Å². The van der Waals surface area contributed by atoms with Gasteiger partial charge in [-0.25, -0.2) is 4.98 Å². The first-order chi connectivity index (χ1) is 10.5. The summed E-state index contributed by atoms with van der Waals surface area (Å²) in [4.78, 5) is 19.1. The number of nitrogens with two attached hydrogens (primary N) is 1. The molecule has 1 saturated heterocycles. The lowest BCUT2D eigenvalue weighted by Crippen LogP contribution is -2.48. The summed E-state index contributed by atoms with van der Waals surface area (Å²) in [6, 6.07) is 8.18. The second kappa shape index (κ2) is 6.18. The summed E-state index contributed by atoms with van der Waals surface area (Å²) in [5.41, 5.74) is 8.79. The van der Waals surface area contributed by atoms with E-state index in [-0.39, 0.29) is 18.0 Å². The van der Waals surface area contributed by atoms with Crippen LogP contribution in [0.5, 0.6) is 0 Å². The normalized spacial score (nSPS) is 21.9. The predicted octanol–water partition coefficient (Wildman–Crippen LogP) is 3.07. The molecule has 0 saturated carbocycles. The van der Waals surface area contributed by atoms with Crippen LogP contribution in [0.2, 0.25) is 0 Å². The molecule has 3 rings (SSSR count). The van der Waals surface area contributed by atoms with E-state index >= 15 is 0 Å². The van der Waals surface area contributed by atoms with E-state index in [0.717, 1.165) is 41.2 Å². The lowest BCUT2D eigenvalue weighted by molar-refractivity contribution is 0.0619. The number of nitrogens with zero attached hydrogens (tertiary/aromatic N) is 2. The zero-order chi connectivity index (χ0) is 15.7. The number of carbonyl (C=O) groups excluding carboxylic acids is 1. The second-order valence-corrected chi connectivity index (χ2v) is 6.86. The molecule has 1 fully saturated rings. The van der Waals surface area contributed by atoms with E-state index in [0.29, 0.717) is 0 Å². The van der Waals surface area contributed by atoms with E-state index in [1.54, 1.807) is 11.3 Å². The van der Waals surface area contributed by atoms with Crippen molar-refractivity contribution in [3.63, 3.8) is 0 Å². The summed E-state index contributed by atoms with van der Waals surface area (Å²) < 4.78 is 0. The SMILES string of the molecule is Cc1csc(-c2ccc(C(=O)N3CCC(N)CC3C)cc2)n1. The Kier molecular flexibility index (Phi) is 4.27. The molecular formula is C17H21N3OS. The maximum absolute atomic E-state index is 12.6. The Balaban J connectivity index is 1.76. The van der Waals surface area contributed by atoms with Gasteiger partial charge in [0, 0.05) is 40.8 Å². The van der Waals surface area contributed by atoms with Gasteiger partial charge in [0.1, 0.15) is 5.01 Å². The largest absolute Gasteiger partial charge is 0.336 e. The van der Waals surface area contributed by atoms with Gasteiger partial charge >= 0.3 is 0 Å². The van der Waals surface area contributed by atoms with Crippen LogP contribution in [0.25, 0.3) is 10.6 Å². The highest BCUT2D eigenvalue weighted by atomic mass is 32.1. The molecule has 0 bridgehead atoms. The van der Waals surface area contributed by atoms with Crippen molar-refractivity contribution in [3.8, 4) is 10.6 Å². The van der Waals surface area contributed by atoms with Crippen LogP contribution in [0, 0.1) is 6.92 Å². The summed E-state index contributed by atoms with van der Waals surface area (Å²) in [5, 5.41) is 3.03. The maximum Gasteiger partial charge on any atom is 0.254 e. The molecule has 2 aromatic rings. The summed E-state index contributed by atoms with van der Waals surface area (Å²) in [6.45, 7) is 4.80. The third-order valence-corrected chi connectivity index (χ3v) is 5.18. The van der Waals surface area contributed by atoms with Crippen LogP contribution >= 0.6 is 11.3 Å². The van der Waals surface area contributed by atoms with Gasteiger partial charge in [-0.3, -0.25) is 4.79 Å². The lowest BCUT2D eigenvalue weighted by atomic mass is 9.98. The van der Waals surface area contributed by atoms with Crippen LogP contribution in [-0.2, 0) is 0 Å². The molecular weight excluding hydrogens is 294 g/mol. The zero-order valence-electron chi connectivity index (χ0n) is 13.0. The molecule has 0 spiro atoms. The van der Waals surface area contributed by atoms with Crippen LogP contribution in [0.3, 0.4) is 0 Å². The Bertz CT molecular complexity index is 665. The van der Waals surface area contributed by atoms with Crippen LogP contribution in [0.4, 0.5) is 0 Å². The number of carbonyl (C=O) groups is 1. The fourth-order valence-electron chi connectivity index (χ4n) is 2.92. The van der Waals surface area contributed by atoms with Crippen LogP contribution in [-0.4, -0.2) is 34.4 Å². The number of aryl methyl sites for hydroxylation is 1. The lowest BCUT2D eigenvalue weighted by Gasteiger charge is -2.36. The molecule has 5 heteroatoms. The molecule has 0 radical (unpaired) electrons. The van der Waals surface area contributed by atoms with Gasteiger partial charge in [-0.2, -0.15) is 0 Å². The van der Waals surface area contributed by atoms with Gasteiger partial charge in [-0.05, 0) is 38.8 Å². The number of aromatic nitrogens is 1. The quantitative estimate of drug-likeness (QED) is 0.926. The van der Waals surface area contributed by atoms with Gasteiger partial charge in [0.15, 0.2) is 0 Å². The van der Waals surface area contributed by atoms with Gasteiger partial charge in [0.25, 0.3) is 5.91 Å². The monoisotopic (exact) mass is 315 g/mol. The van der Waals surface area contributed by atoms with E-state index < -0.39 is 0 Å². The summed E-state index contributed by atoms with van der Waals surface area (Å²) in [6.07, 6.45) is 1.76. The average molecular weight is 315 g/mol. The number of rotatable bonds is 2. The Morgan fingerprint density at radius 1 is 1.36 bits per heavy atom. The molecule has 2 heterocycles. The van der Waals surface area contributed by atoms with Gasteiger partial charge in [0.2, 0.25) is 0 Å². The minimum atomic E-state index is 0.0984. The number of thiazole rings is 1. The van der Waals surface area contributed by atoms with Crippen molar-refractivity contribution >= 4 is 17.2 Å². The molecule has 1 aromatic carbocycles. The summed E-state index contributed by atoms with van der Waals surface area (Å²) >= 11 is 1.63. The van der Waals surface area contributed by atoms with Crippen LogP contribution in [0.15, 0.2) is 29.6 Å². The molecule has 116 valence electrons. The van der Waals surface area contributed by atoms with Crippen molar-refractivity contribution in [3.05, 3.63) is 40.9 Å². The van der Waals surface area contributed by atoms with Crippen molar-refractivity contribution in [1.29, 1.82) is 0 Å². The maximum atomic E-state index is 12.6. The first-order valence-corrected chi connectivity index (χ1v) is 8.51. The number of amides is 1. The number of likely N-dealkylation sites (tertiary alicyclic amines) is 1. The number of hydrogen-bond acceptors (Lipinski definition) is 4. The molecule has 1 aliphatic rings. The molecule has 22 heavy (non-hydrogen) atoms. The molecule has 2 unspecified atom stereocenters. The van der Waals surface area contributed by atoms with Gasteiger partial charge < -0.3 is 10.6 Å². The highest BCUT2D eigenvalue weighted by Crippen LogP contribution is 2.25. The summed E-state index contributed by atoms with van der Waals surface area (Å²) in [7, 11) is 0. The van der Waals surface area contributed by atoms with Gasteiger partial charge in [-0.1, -0.05) is 12.1 Å². The van der Waals surface area contributed by atoms with E-state index in [9.17, 15) is 4.79 Å². The van der Waals surface area contributed by atoms with E-state index in [1.807, 2.05) is 41.5 Å². The smallest absolute Gasteiger partial charge is 0.254 e. The first-order valence-electron chi connectivity index (χ1n) is 7.63. The van der Waals surface area contributed by atoms with Crippen molar-refractivity contribution in [2.75, 3.05) is 6.54 Å². The van der Waals surface area contributed by atoms with Gasteiger partial charge in [-0.15, -0.1) is 11.3 Å². The van der Waals surface area contributed by atoms with Gasteiger partial charge in [0.05, 0.1) is 0 Å². The van der Waals surface area contributed by atoms with Crippen LogP contribution < -0.4 is 5.73 Å². The van der Waals surface area contributed by atoms with Crippen molar-refractivity contribution in [2.24, 2.45) is 5.73 Å². The minimum absolute atomic E-state index is 0.0984.